The summed E-state index contributed by atoms with van der Waals surface area (Å²) in [4.78, 5) is 22.8. The van der Waals surface area contributed by atoms with Crippen molar-refractivity contribution in [1.29, 1.82) is 0 Å². The van der Waals surface area contributed by atoms with E-state index in [0.29, 0.717) is 18.7 Å². The van der Waals surface area contributed by atoms with E-state index in [4.69, 9.17) is 14.6 Å². The number of aryl methyl sites for hydroxylation is 1. The quantitative estimate of drug-likeness (QED) is 0.769. The van der Waals surface area contributed by atoms with Crippen molar-refractivity contribution in [2.75, 3.05) is 20.3 Å². The smallest absolute Gasteiger partial charge is 0.335 e. The average Bonchev–Trinajstić information content (AvgIpc) is 2.60. The van der Waals surface area contributed by atoms with Gasteiger partial charge >= 0.3 is 5.97 Å². The molecule has 2 N–H and O–H groups in total. The number of carbonyl (C=O) groups is 2. The van der Waals surface area contributed by atoms with Crippen LogP contribution in [0.5, 0.6) is 11.5 Å². The molecule has 0 aliphatic carbocycles. The molecule has 132 valence electrons. The molecule has 0 aliphatic rings. The van der Waals surface area contributed by atoms with Gasteiger partial charge in [0, 0.05) is 6.54 Å². The Balaban J connectivity index is 1.76. The third-order valence-corrected chi connectivity index (χ3v) is 3.65. The van der Waals surface area contributed by atoms with Crippen molar-refractivity contribution in [2.45, 2.75) is 13.3 Å². The van der Waals surface area contributed by atoms with E-state index in [1.807, 2.05) is 19.1 Å². The normalized spacial score (nSPS) is 10.2. The molecule has 6 heteroatoms. The Morgan fingerprint density at radius 2 is 1.96 bits per heavy atom. The number of methoxy groups -OCH3 is 1. The molecule has 0 aromatic heterocycles. The summed E-state index contributed by atoms with van der Waals surface area (Å²) in [6.45, 7) is 2.23. The molecule has 0 aliphatic heterocycles. The van der Waals surface area contributed by atoms with E-state index in [1.54, 1.807) is 31.4 Å². The zero-order valence-electron chi connectivity index (χ0n) is 14.2. The maximum Gasteiger partial charge on any atom is 0.335 e. The van der Waals surface area contributed by atoms with Gasteiger partial charge in [-0.2, -0.15) is 0 Å². The first-order chi connectivity index (χ1) is 12.0. The van der Waals surface area contributed by atoms with Crippen LogP contribution in [0, 0.1) is 6.92 Å². The van der Waals surface area contributed by atoms with Crippen LogP contribution < -0.4 is 14.8 Å². The lowest BCUT2D eigenvalue weighted by molar-refractivity contribution is -0.123. The Labute approximate surface area is 146 Å². The second kappa shape index (κ2) is 8.73. The number of rotatable bonds is 8. The lowest BCUT2D eigenvalue weighted by Gasteiger charge is -2.10. The lowest BCUT2D eigenvalue weighted by Crippen LogP contribution is -2.30. The third kappa shape index (κ3) is 5.53. The number of benzene rings is 2. The Hall–Kier alpha value is -3.02. The lowest BCUT2D eigenvalue weighted by atomic mass is 10.1. The van der Waals surface area contributed by atoms with Gasteiger partial charge < -0.3 is 19.9 Å². The number of carbonyl (C=O) groups excluding carboxylic acids is 1. The van der Waals surface area contributed by atoms with Gasteiger partial charge in [-0.3, -0.25) is 4.79 Å². The minimum Gasteiger partial charge on any atom is -0.496 e. The van der Waals surface area contributed by atoms with Crippen LogP contribution in [0.3, 0.4) is 0 Å². The van der Waals surface area contributed by atoms with Gasteiger partial charge in [-0.25, -0.2) is 4.79 Å². The number of nitrogens with one attached hydrogen (secondary N) is 1. The summed E-state index contributed by atoms with van der Waals surface area (Å²) in [5, 5.41) is 11.7. The first-order valence-corrected chi connectivity index (χ1v) is 7.86. The summed E-state index contributed by atoms with van der Waals surface area (Å²) < 4.78 is 10.6. The molecule has 0 heterocycles. The number of aromatic carboxylic acids is 1. The average molecular weight is 343 g/mol. The summed E-state index contributed by atoms with van der Waals surface area (Å²) in [7, 11) is 1.60. The molecular weight excluding hydrogens is 322 g/mol. The van der Waals surface area contributed by atoms with E-state index in [2.05, 4.69) is 5.32 Å². The molecule has 0 fully saturated rings. The maximum absolute atomic E-state index is 11.8. The highest BCUT2D eigenvalue weighted by Crippen LogP contribution is 2.22. The van der Waals surface area contributed by atoms with Gasteiger partial charge in [0.2, 0.25) is 0 Å². The largest absolute Gasteiger partial charge is 0.496 e. The van der Waals surface area contributed by atoms with Crippen molar-refractivity contribution in [1.82, 2.24) is 5.32 Å². The van der Waals surface area contributed by atoms with Crippen LogP contribution >= 0.6 is 0 Å². The Morgan fingerprint density at radius 1 is 1.16 bits per heavy atom. The molecule has 25 heavy (non-hydrogen) atoms. The molecule has 0 saturated heterocycles. The number of hydrogen-bond donors (Lipinski definition) is 2. The van der Waals surface area contributed by atoms with Gasteiger partial charge in [0.1, 0.15) is 11.5 Å². The van der Waals surface area contributed by atoms with E-state index in [9.17, 15) is 9.59 Å². The first-order valence-electron chi connectivity index (χ1n) is 7.86. The van der Waals surface area contributed by atoms with E-state index in [1.165, 1.54) is 6.07 Å². The van der Waals surface area contributed by atoms with Crippen LogP contribution in [0.2, 0.25) is 0 Å². The number of hydrogen-bond acceptors (Lipinski definition) is 4. The molecule has 0 radical (unpaired) electrons. The fraction of sp³-hybridized carbons (Fsp3) is 0.263. The van der Waals surface area contributed by atoms with E-state index < -0.39 is 5.97 Å². The van der Waals surface area contributed by atoms with Crippen molar-refractivity contribution in [3.63, 3.8) is 0 Å². The summed E-state index contributed by atoms with van der Waals surface area (Å²) in [6, 6.07) is 12.0. The topological polar surface area (TPSA) is 84.9 Å². The van der Waals surface area contributed by atoms with Crippen molar-refractivity contribution < 1.29 is 24.2 Å². The highest BCUT2D eigenvalue weighted by molar-refractivity contribution is 5.87. The first kappa shape index (κ1) is 18.3. The standard InChI is InChI=1S/C19H21NO5/c1-13-10-16(6-7-17(13)24-2)25-12-18(21)20-9-8-14-4-3-5-15(11-14)19(22)23/h3-7,10-11H,8-9,12H2,1-2H3,(H,20,21)(H,22,23). The van der Waals surface area contributed by atoms with Gasteiger partial charge in [0.25, 0.3) is 5.91 Å². The summed E-state index contributed by atoms with van der Waals surface area (Å²) in [6.07, 6.45) is 0.550. The Kier molecular flexibility index (Phi) is 6.39. The van der Waals surface area contributed by atoms with Crippen LogP contribution in [-0.2, 0) is 11.2 Å². The van der Waals surface area contributed by atoms with Crippen molar-refractivity contribution in [2.24, 2.45) is 0 Å². The van der Waals surface area contributed by atoms with Gasteiger partial charge in [-0.1, -0.05) is 12.1 Å². The minimum absolute atomic E-state index is 0.0824. The second-order valence-electron chi connectivity index (χ2n) is 5.53. The Morgan fingerprint density at radius 3 is 2.64 bits per heavy atom. The molecule has 0 atom stereocenters. The van der Waals surface area contributed by atoms with Crippen molar-refractivity contribution in [3.8, 4) is 11.5 Å². The molecule has 0 unspecified atom stereocenters. The number of carboxylic acids is 1. The highest BCUT2D eigenvalue weighted by atomic mass is 16.5. The monoisotopic (exact) mass is 343 g/mol. The molecule has 6 nitrogen and oxygen atoms in total. The number of amides is 1. The van der Waals surface area contributed by atoms with Gasteiger partial charge in [-0.05, 0) is 54.8 Å². The van der Waals surface area contributed by atoms with E-state index in [0.717, 1.165) is 16.9 Å². The van der Waals surface area contributed by atoms with Crippen LogP contribution in [0.25, 0.3) is 0 Å². The molecule has 2 aromatic rings. The number of ether oxygens (including phenoxy) is 2. The summed E-state index contributed by atoms with van der Waals surface area (Å²) >= 11 is 0. The molecule has 0 bridgehead atoms. The Bertz CT molecular complexity index is 757. The summed E-state index contributed by atoms with van der Waals surface area (Å²) in [5.41, 5.74) is 2.02. The molecule has 2 aromatic carbocycles. The predicted molar refractivity (Wildman–Crippen MR) is 93.3 cm³/mol. The van der Waals surface area contributed by atoms with Gasteiger partial charge in [0.15, 0.2) is 6.61 Å². The zero-order valence-corrected chi connectivity index (χ0v) is 14.2. The SMILES string of the molecule is COc1ccc(OCC(=O)NCCc2cccc(C(=O)O)c2)cc1C. The highest BCUT2D eigenvalue weighted by Gasteiger charge is 2.06. The molecule has 1 amide bonds. The third-order valence-electron chi connectivity index (χ3n) is 3.65. The van der Waals surface area contributed by atoms with Crippen molar-refractivity contribution >= 4 is 11.9 Å². The van der Waals surface area contributed by atoms with E-state index >= 15 is 0 Å². The van der Waals surface area contributed by atoms with Crippen LogP contribution in [0.15, 0.2) is 42.5 Å². The predicted octanol–water partition coefficient (Wildman–Crippen LogP) is 2.44. The molecule has 0 spiro atoms. The number of carboxylic acid groups (broad SMARTS) is 1. The van der Waals surface area contributed by atoms with E-state index in [-0.39, 0.29) is 18.1 Å². The fourth-order valence-corrected chi connectivity index (χ4v) is 2.35. The minimum atomic E-state index is -0.964. The molecular formula is C19H21NO5. The molecule has 0 saturated carbocycles. The fourth-order valence-electron chi connectivity index (χ4n) is 2.35. The summed E-state index contributed by atoms with van der Waals surface area (Å²) in [5.74, 6) is 0.167. The van der Waals surface area contributed by atoms with Crippen LogP contribution in [-0.4, -0.2) is 37.2 Å². The van der Waals surface area contributed by atoms with Gasteiger partial charge in [0.05, 0.1) is 12.7 Å². The van der Waals surface area contributed by atoms with Gasteiger partial charge in [-0.15, -0.1) is 0 Å². The zero-order chi connectivity index (χ0) is 18.2. The maximum atomic E-state index is 11.8. The van der Waals surface area contributed by atoms with Crippen molar-refractivity contribution in [3.05, 3.63) is 59.2 Å². The van der Waals surface area contributed by atoms with Crippen LogP contribution in [0.4, 0.5) is 0 Å². The van der Waals surface area contributed by atoms with Crippen LogP contribution in [0.1, 0.15) is 21.5 Å². The molecule has 2 rings (SSSR count). The second-order valence-corrected chi connectivity index (χ2v) is 5.53.